The maximum atomic E-state index is 4.25. The van der Waals surface area contributed by atoms with E-state index in [2.05, 4.69) is 60.0 Å². The Bertz CT molecular complexity index is 352. The summed E-state index contributed by atoms with van der Waals surface area (Å²) >= 11 is 3.49. The number of halogens is 1. The molecule has 2 unspecified atom stereocenters. The minimum Gasteiger partial charge on any atom is -0.314 e. The van der Waals surface area contributed by atoms with Gasteiger partial charge in [0.2, 0.25) is 0 Å². The van der Waals surface area contributed by atoms with Crippen molar-refractivity contribution in [1.29, 1.82) is 0 Å². The third-order valence-electron chi connectivity index (χ3n) is 3.45. The number of hydrogen-bond acceptors (Lipinski definition) is 2. The lowest BCUT2D eigenvalue weighted by Gasteiger charge is -2.28. The molecule has 102 valence electrons. The van der Waals surface area contributed by atoms with Crippen LogP contribution in [0.5, 0.6) is 0 Å². The topological polar surface area (TPSA) is 24.9 Å². The average molecular weight is 313 g/mol. The van der Waals surface area contributed by atoms with Crippen LogP contribution in [-0.2, 0) is 6.42 Å². The zero-order valence-corrected chi connectivity index (χ0v) is 13.5. The molecule has 0 aliphatic rings. The second-order valence-electron chi connectivity index (χ2n) is 5.37. The predicted molar refractivity (Wildman–Crippen MR) is 81.7 cm³/mol. The van der Waals surface area contributed by atoms with Crippen molar-refractivity contribution in [2.45, 2.75) is 46.6 Å². The lowest BCUT2D eigenvalue weighted by Crippen LogP contribution is -2.37. The van der Waals surface area contributed by atoms with Gasteiger partial charge >= 0.3 is 0 Å². The minimum absolute atomic E-state index is 0.545. The Balaban J connectivity index is 2.68. The van der Waals surface area contributed by atoms with E-state index in [1.165, 1.54) is 12.0 Å². The second kappa shape index (κ2) is 7.90. The Morgan fingerprint density at radius 3 is 2.56 bits per heavy atom. The fraction of sp³-hybridized carbons (Fsp3) is 0.667. The maximum absolute atomic E-state index is 4.25. The van der Waals surface area contributed by atoms with E-state index in [1.807, 2.05) is 12.4 Å². The van der Waals surface area contributed by atoms with Crippen LogP contribution in [0.2, 0.25) is 0 Å². The van der Waals surface area contributed by atoms with Crippen LogP contribution < -0.4 is 5.32 Å². The first-order valence-corrected chi connectivity index (χ1v) is 7.66. The van der Waals surface area contributed by atoms with Gasteiger partial charge in [0.25, 0.3) is 0 Å². The van der Waals surface area contributed by atoms with E-state index in [0.717, 1.165) is 17.4 Å². The summed E-state index contributed by atoms with van der Waals surface area (Å²) in [7, 11) is 0. The van der Waals surface area contributed by atoms with Crippen molar-refractivity contribution in [1.82, 2.24) is 10.3 Å². The van der Waals surface area contributed by atoms with Gasteiger partial charge in [-0.1, -0.05) is 20.8 Å². The van der Waals surface area contributed by atoms with E-state index in [4.69, 9.17) is 0 Å². The summed E-state index contributed by atoms with van der Waals surface area (Å²) in [4.78, 5) is 4.25. The summed E-state index contributed by atoms with van der Waals surface area (Å²) in [6.45, 7) is 10.2. The van der Waals surface area contributed by atoms with Gasteiger partial charge in [-0.05, 0) is 65.7 Å². The monoisotopic (exact) mass is 312 g/mol. The van der Waals surface area contributed by atoms with Crippen LogP contribution in [-0.4, -0.2) is 17.6 Å². The summed E-state index contributed by atoms with van der Waals surface area (Å²) in [5.74, 6) is 1.32. The molecular weight excluding hydrogens is 288 g/mol. The molecule has 1 heterocycles. The Labute approximate surface area is 120 Å². The molecule has 0 aliphatic heterocycles. The molecule has 0 bridgehead atoms. The molecule has 1 N–H and O–H groups in total. The molecule has 0 aliphatic carbocycles. The number of rotatable bonds is 7. The van der Waals surface area contributed by atoms with Crippen LogP contribution in [0.15, 0.2) is 22.9 Å². The molecule has 0 saturated heterocycles. The van der Waals surface area contributed by atoms with Crippen LogP contribution in [0, 0.1) is 11.8 Å². The van der Waals surface area contributed by atoms with Gasteiger partial charge in [0.15, 0.2) is 0 Å². The lowest BCUT2D eigenvalue weighted by atomic mass is 9.84. The van der Waals surface area contributed by atoms with Gasteiger partial charge in [-0.2, -0.15) is 0 Å². The van der Waals surface area contributed by atoms with Crippen molar-refractivity contribution in [3.8, 4) is 0 Å². The van der Waals surface area contributed by atoms with E-state index in [0.29, 0.717) is 17.9 Å². The van der Waals surface area contributed by atoms with Gasteiger partial charge in [-0.15, -0.1) is 0 Å². The van der Waals surface area contributed by atoms with E-state index in [1.54, 1.807) is 0 Å². The van der Waals surface area contributed by atoms with Crippen LogP contribution in [0.3, 0.4) is 0 Å². The molecule has 2 atom stereocenters. The van der Waals surface area contributed by atoms with Crippen molar-refractivity contribution in [3.63, 3.8) is 0 Å². The molecule has 0 spiro atoms. The third-order valence-corrected chi connectivity index (χ3v) is 3.88. The Hall–Kier alpha value is -0.410. The summed E-state index contributed by atoms with van der Waals surface area (Å²) in [6, 6.07) is 2.72. The number of pyridine rings is 1. The van der Waals surface area contributed by atoms with Gasteiger partial charge in [-0.25, -0.2) is 0 Å². The Morgan fingerprint density at radius 1 is 1.28 bits per heavy atom. The second-order valence-corrected chi connectivity index (χ2v) is 6.28. The molecule has 1 aromatic heterocycles. The summed E-state index contributed by atoms with van der Waals surface area (Å²) in [5.41, 5.74) is 1.31. The zero-order chi connectivity index (χ0) is 13.5. The highest BCUT2D eigenvalue weighted by atomic mass is 79.9. The third kappa shape index (κ3) is 5.07. The predicted octanol–water partition coefficient (Wildman–Crippen LogP) is 4.05. The molecule has 0 saturated carbocycles. The van der Waals surface area contributed by atoms with Gasteiger partial charge in [-0.3, -0.25) is 4.98 Å². The fourth-order valence-corrected chi connectivity index (χ4v) is 2.77. The van der Waals surface area contributed by atoms with Crippen LogP contribution >= 0.6 is 15.9 Å². The van der Waals surface area contributed by atoms with E-state index in [-0.39, 0.29) is 0 Å². The zero-order valence-electron chi connectivity index (χ0n) is 11.9. The number of nitrogens with one attached hydrogen (secondary N) is 1. The van der Waals surface area contributed by atoms with Crippen LogP contribution in [0.1, 0.15) is 39.7 Å². The summed E-state index contributed by atoms with van der Waals surface area (Å²) in [6.07, 6.45) is 6.09. The smallest absolute Gasteiger partial charge is 0.0410 e. The Kier molecular flexibility index (Phi) is 6.87. The van der Waals surface area contributed by atoms with Crippen molar-refractivity contribution >= 4 is 15.9 Å². The first-order valence-electron chi connectivity index (χ1n) is 6.87. The number of hydrogen-bond donors (Lipinski definition) is 1. The molecular formula is C15H25BrN2. The first-order chi connectivity index (χ1) is 8.54. The largest absolute Gasteiger partial charge is 0.314 e. The number of nitrogens with zero attached hydrogens (tertiary/aromatic N) is 1. The highest BCUT2D eigenvalue weighted by Gasteiger charge is 2.20. The van der Waals surface area contributed by atoms with Gasteiger partial charge in [0.05, 0.1) is 0 Å². The normalized spacial score (nSPS) is 14.8. The van der Waals surface area contributed by atoms with Gasteiger partial charge in [0.1, 0.15) is 0 Å². The molecule has 2 nitrogen and oxygen atoms in total. The van der Waals surface area contributed by atoms with Crippen molar-refractivity contribution in [3.05, 3.63) is 28.5 Å². The highest BCUT2D eigenvalue weighted by molar-refractivity contribution is 9.10. The molecule has 3 heteroatoms. The number of aromatic nitrogens is 1. The average Bonchev–Trinajstić information content (AvgIpc) is 2.32. The quantitative estimate of drug-likeness (QED) is 0.821. The van der Waals surface area contributed by atoms with Crippen molar-refractivity contribution < 1.29 is 0 Å². The van der Waals surface area contributed by atoms with E-state index < -0.39 is 0 Å². The SMILES string of the molecule is CCCNC(C)C(Cc1cncc(Br)c1)C(C)C. The van der Waals surface area contributed by atoms with E-state index in [9.17, 15) is 0 Å². The Morgan fingerprint density at radius 2 is 2.00 bits per heavy atom. The first kappa shape index (κ1) is 15.6. The van der Waals surface area contributed by atoms with Crippen molar-refractivity contribution in [2.24, 2.45) is 11.8 Å². The summed E-state index contributed by atoms with van der Waals surface area (Å²) in [5, 5.41) is 3.62. The van der Waals surface area contributed by atoms with Crippen molar-refractivity contribution in [2.75, 3.05) is 6.54 Å². The molecule has 0 radical (unpaired) electrons. The molecule has 1 rings (SSSR count). The summed E-state index contributed by atoms with van der Waals surface area (Å²) < 4.78 is 1.07. The lowest BCUT2D eigenvalue weighted by molar-refractivity contribution is 0.289. The molecule has 0 fully saturated rings. The molecule has 0 amide bonds. The van der Waals surface area contributed by atoms with E-state index >= 15 is 0 Å². The van der Waals surface area contributed by atoms with Crippen LogP contribution in [0.25, 0.3) is 0 Å². The fourth-order valence-electron chi connectivity index (χ4n) is 2.35. The maximum Gasteiger partial charge on any atom is 0.0410 e. The standard InChI is InChI=1S/C15H25BrN2/c1-5-6-18-12(4)15(11(2)3)8-13-7-14(16)10-17-9-13/h7,9-12,15,18H,5-6,8H2,1-4H3. The van der Waals surface area contributed by atoms with Crippen LogP contribution in [0.4, 0.5) is 0 Å². The minimum atomic E-state index is 0.545. The highest BCUT2D eigenvalue weighted by Crippen LogP contribution is 2.22. The van der Waals surface area contributed by atoms with Gasteiger partial charge < -0.3 is 5.32 Å². The molecule has 18 heavy (non-hydrogen) atoms. The van der Waals surface area contributed by atoms with Gasteiger partial charge in [0, 0.05) is 22.9 Å². The molecule has 0 aromatic carbocycles. The molecule has 1 aromatic rings.